The van der Waals surface area contributed by atoms with Gasteiger partial charge < -0.3 is 14.9 Å². The van der Waals surface area contributed by atoms with Crippen LogP contribution in [0.25, 0.3) is 0 Å². The van der Waals surface area contributed by atoms with E-state index in [-0.39, 0.29) is 0 Å². The Morgan fingerprint density at radius 1 is 0.742 bits per heavy atom. The number of methoxy groups -OCH3 is 1. The maximum atomic E-state index is 12.4. The Kier molecular flexibility index (Phi) is 4.88. The third kappa shape index (κ3) is 2.80. The van der Waals surface area contributed by atoms with E-state index < -0.39 is 11.2 Å². The van der Waals surface area contributed by atoms with Crippen LogP contribution in [0.3, 0.4) is 0 Å². The molecule has 3 nitrogen and oxygen atoms in total. The summed E-state index contributed by atoms with van der Waals surface area (Å²) < 4.78 is 5.29. The summed E-state index contributed by atoms with van der Waals surface area (Å²) in [5.41, 5.74) is -0.702. The van der Waals surface area contributed by atoms with Crippen molar-refractivity contribution in [2.24, 2.45) is 0 Å². The van der Waals surface area contributed by atoms with E-state index in [9.17, 15) is 10.2 Å². The van der Waals surface area contributed by atoms with Crippen LogP contribution in [0.4, 0.5) is 0 Å². The molecule has 2 N–H and O–H groups in total. The van der Waals surface area contributed by atoms with E-state index in [1.807, 2.05) is 17.5 Å². The third-order valence-electron chi connectivity index (χ3n) is 5.92. The van der Waals surface area contributed by atoms with Gasteiger partial charge in [0.15, 0.2) is 5.60 Å². The summed E-state index contributed by atoms with van der Waals surface area (Å²) in [5.74, 6) is 0.670. The Morgan fingerprint density at radius 3 is 1.87 bits per heavy atom. The Hall–Kier alpha value is -2.34. The molecule has 1 heterocycles. The summed E-state index contributed by atoms with van der Waals surface area (Å²) >= 11 is 14.8. The second-order valence-electron chi connectivity index (χ2n) is 7.45. The van der Waals surface area contributed by atoms with Crippen molar-refractivity contribution in [2.45, 2.75) is 11.2 Å². The van der Waals surface area contributed by atoms with E-state index in [1.165, 1.54) is 11.3 Å². The Bertz CT molecular complexity index is 1270. The minimum Gasteiger partial charge on any atom is -0.497 e. The number of fused-ring (bicyclic) bond motifs is 2. The van der Waals surface area contributed by atoms with Gasteiger partial charge in [-0.05, 0) is 41.3 Å². The van der Waals surface area contributed by atoms with Crippen molar-refractivity contribution >= 4 is 34.5 Å². The molecule has 2 atom stereocenters. The van der Waals surface area contributed by atoms with Gasteiger partial charge >= 0.3 is 0 Å². The van der Waals surface area contributed by atoms with Crippen LogP contribution in [0, 0.1) is 0 Å². The van der Waals surface area contributed by atoms with Crippen molar-refractivity contribution in [3.63, 3.8) is 0 Å². The predicted molar refractivity (Wildman–Crippen MR) is 124 cm³/mol. The molecule has 4 aromatic rings. The fraction of sp³-hybridized carbons (Fsp3) is 0.120. The van der Waals surface area contributed by atoms with Crippen molar-refractivity contribution in [2.75, 3.05) is 7.11 Å². The molecule has 5 rings (SSSR count). The zero-order valence-corrected chi connectivity index (χ0v) is 18.8. The van der Waals surface area contributed by atoms with Crippen molar-refractivity contribution in [1.29, 1.82) is 0 Å². The lowest BCUT2D eigenvalue weighted by Crippen LogP contribution is -2.44. The lowest BCUT2D eigenvalue weighted by molar-refractivity contribution is 0.0768. The molecule has 6 heteroatoms. The highest BCUT2D eigenvalue weighted by Gasteiger charge is 2.53. The first-order valence-electron chi connectivity index (χ1n) is 9.64. The van der Waals surface area contributed by atoms with Gasteiger partial charge in [0.05, 0.1) is 7.11 Å². The Labute approximate surface area is 194 Å². The van der Waals surface area contributed by atoms with E-state index in [2.05, 4.69) is 0 Å². The largest absolute Gasteiger partial charge is 0.497 e. The molecule has 156 valence electrons. The molecule has 0 amide bonds. The van der Waals surface area contributed by atoms with Crippen LogP contribution in [0.5, 0.6) is 5.75 Å². The zero-order chi connectivity index (χ0) is 21.8. The lowest BCUT2D eigenvalue weighted by Gasteiger charge is -2.45. The zero-order valence-electron chi connectivity index (χ0n) is 16.5. The monoisotopic (exact) mass is 468 g/mol. The highest BCUT2D eigenvalue weighted by Crippen LogP contribution is 2.57. The fourth-order valence-corrected chi connectivity index (χ4v) is 5.99. The molecular weight excluding hydrogens is 451 g/mol. The molecule has 0 aliphatic heterocycles. The molecule has 0 saturated carbocycles. The summed E-state index contributed by atoms with van der Waals surface area (Å²) in [7, 11) is 1.59. The number of rotatable bonds is 3. The summed E-state index contributed by atoms with van der Waals surface area (Å²) in [6.07, 6.45) is 0. The van der Waals surface area contributed by atoms with Crippen LogP contribution < -0.4 is 4.74 Å². The SMILES string of the molecule is COc1ccc([C@@]2(O)c3cccc(Cl)c3[C@](O)(c3cccs3)c3cccc(Cl)c32)cc1. The maximum Gasteiger partial charge on any atom is 0.151 e. The van der Waals surface area contributed by atoms with E-state index in [0.717, 1.165) is 0 Å². The van der Waals surface area contributed by atoms with Gasteiger partial charge in [-0.25, -0.2) is 0 Å². The van der Waals surface area contributed by atoms with Crippen LogP contribution in [-0.4, -0.2) is 17.3 Å². The van der Waals surface area contributed by atoms with Gasteiger partial charge in [-0.2, -0.15) is 0 Å². The molecule has 1 aromatic heterocycles. The molecule has 31 heavy (non-hydrogen) atoms. The molecule has 3 aromatic carbocycles. The van der Waals surface area contributed by atoms with Crippen LogP contribution >= 0.6 is 34.5 Å². The van der Waals surface area contributed by atoms with E-state index >= 15 is 0 Å². The lowest BCUT2D eigenvalue weighted by atomic mass is 9.65. The molecular formula is C25H18Cl2O3S. The third-order valence-corrected chi connectivity index (χ3v) is 7.52. The van der Waals surface area contributed by atoms with Gasteiger partial charge in [0.2, 0.25) is 0 Å². The molecule has 0 spiro atoms. The fourth-order valence-electron chi connectivity index (χ4n) is 4.53. The van der Waals surface area contributed by atoms with Crippen molar-refractivity contribution in [1.82, 2.24) is 0 Å². The molecule has 0 unspecified atom stereocenters. The second-order valence-corrected chi connectivity index (χ2v) is 9.21. The summed E-state index contributed by atoms with van der Waals surface area (Å²) in [4.78, 5) is 0.696. The number of ether oxygens (including phenoxy) is 1. The molecule has 1 aliphatic carbocycles. The number of halogens is 2. The van der Waals surface area contributed by atoms with Gasteiger partial charge in [0, 0.05) is 37.2 Å². The molecule has 0 radical (unpaired) electrons. The maximum absolute atomic E-state index is 12.4. The second kappa shape index (κ2) is 7.37. The Morgan fingerprint density at radius 2 is 1.32 bits per heavy atom. The molecule has 1 aliphatic rings. The minimum absolute atomic E-state index is 0.358. The van der Waals surface area contributed by atoms with Gasteiger partial charge in [-0.15, -0.1) is 11.3 Å². The van der Waals surface area contributed by atoms with E-state index in [4.69, 9.17) is 27.9 Å². The topological polar surface area (TPSA) is 49.7 Å². The normalized spacial score (nSPS) is 22.0. The number of thiophene rings is 1. The first kappa shape index (κ1) is 20.6. The average Bonchev–Trinajstić information content (AvgIpc) is 3.33. The van der Waals surface area contributed by atoms with Gasteiger partial charge in [-0.1, -0.05) is 65.7 Å². The van der Waals surface area contributed by atoms with Crippen LogP contribution in [0.15, 0.2) is 78.2 Å². The van der Waals surface area contributed by atoms with Crippen LogP contribution in [0.1, 0.15) is 32.7 Å². The summed E-state index contributed by atoms with van der Waals surface area (Å²) in [5, 5.41) is 27.2. The number of hydrogen-bond acceptors (Lipinski definition) is 4. The number of benzene rings is 3. The quantitative estimate of drug-likeness (QED) is 0.390. The number of hydrogen-bond donors (Lipinski definition) is 2. The molecule has 0 bridgehead atoms. The van der Waals surface area contributed by atoms with Crippen LogP contribution in [0.2, 0.25) is 10.0 Å². The Balaban J connectivity index is 1.93. The minimum atomic E-state index is -1.62. The highest BCUT2D eigenvalue weighted by molar-refractivity contribution is 7.10. The van der Waals surface area contributed by atoms with Gasteiger partial charge in [0.25, 0.3) is 0 Å². The van der Waals surface area contributed by atoms with Crippen LogP contribution in [-0.2, 0) is 11.2 Å². The first-order valence-corrected chi connectivity index (χ1v) is 11.3. The van der Waals surface area contributed by atoms with E-state index in [1.54, 1.807) is 67.8 Å². The van der Waals surface area contributed by atoms with Gasteiger partial charge in [0.1, 0.15) is 11.4 Å². The first-order chi connectivity index (χ1) is 14.9. The highest BCUT2D eigenvalue weighted by atomic mass is 35.5. The van der Waals surface area contributed by atoms with Gasteiger partial charge in [-0.3, -0.25) is 0 Å². The predicted octanol–water partition coefficient (Wildman–Crippen LogP) is 5.95. The smallest absolute Gasteiger partial charge is 0.151 e. The average molecular weight is 469 g/mol. The van der Waals surface area contributed by atoms with Crippen molar-refractivity contribution in [3.05, 3.63) is 121 Å². The number of aliphatic hydroxyl groups is 2. The van der Waals surface area contributed by atoms with Crippen molar-refractivity contribution in [3.8, 4) is 5.75 Å². The standard InChI is InChI=1S/C25H18Cl2O3S/c1-30-16-12-10-15(11-13-16)24(28)17-5-2-8-20(27)23(17)25(29,21-9-4-14-31-21)18-6-3-7-19(26)22(18)24/h2-14,28-29H,1H3/t24-,25-/m1/s1. The summed E-state index contributed by atoms with van der Waals surface area (Å²) in [6.45, 7) is 0. The molecule has 0 saturated heterocycles. The van der Waals surface area contributed by atoms with E-state index in [0.29, 0.717) is 48.5 Å². The molecule has 0 fully saturated rings. The van der Waals surface area contributed by atoms with Crippen molar-refractivity contribution < 1.29 is 14.9 Å². The summed E-state index contributed by atoms with van der Waals surface area (Å²) in [6, 6.07) is 21.5.